The molecule has 1 aromatic rings. The molecule has 1 aliphatic heterocycles. The molecule has 0 saturated heterocycles. The van der Waals surface area contributed by atoms with Crippen molar-refractivity contribution < 1.29 is 4.74 Å². The van der Waals surface area contributed by atoms with E-state index in [1.54, 1.807) is 7.11 Å². The molecular weight excluding hydrogens is 164 g/mol. The van der Waals surface area contributed by atoms with E-state index in [1.807, 2.05) is 17.1 Å². The summed E-state index contributed by atoms with van der Waals surface area (Å²) in [4.78, 5) is 0. The molecule has 0 aromatic heterocycles. The lowest BCUT2D eigenvalue weighted by Gasteiger charge is -2.25. The molecule has 0 radical (unpaired) electrons. The lowest BCUT2D eigenvalue weighted by Crippen LogP contribution is -2.36. The molecule has 0 aliphatic carbocycles. The van der Waals surface area contributed by atoms with Crippen molar-refractivity contribution in [2.24, 2.45) is 5.84 Å². The second-order valence-corrected chi connectivity index (χ2v) is 3.32. The zero-order valence-electron chi connectivity index (χ0n) is 7.79. The van der Waals surface area contributed by atoms with E-state index in [-0.39, 0.29) is 0 Å². The highest BCUT2D eigenvalue weighted by molar-refractivity contribution is 5.41. The second kappa shape index (κ2) is 3.36. The average Bonchev–Trinajstić information content (AvgIpc) is 2.17. The summed E-state index contributed by atoms with van der Waals surface area (Å²) in [6, 6.07) is 6.16. The second-order valence-electron chi connectivity index (χ2n) is 3.32. The summed E-state index contributed by atoms with van der Waals surface area (Å²) in [5.74, 6) is 6.70. The maximum atomic E-state index is 5.75. The minimum atomic E-state index is 0.791. The average molecular weight is 178 g/mol. The van der Waals surface area contributed by atoms with Crippen LogP contribution in [0.2, 0.25) is 0 Å². The first kappa shape index (κ1) is 8.53. The predicted molar refractivity (Wildman–Crippen MR) is 51.3 cm³/mol. The lowest BCUT2D eigenvalue weighted by molar-refractivity contribution is 0.256. The molecule has 2 N–H and O–H groups in total. The maximum absolute atomic E-state index is 5.75. The first-order valence-electron chi connectivity index (χ1n) is 4.45. The first-order chi connectivity index (χ1) is 6.31. The van der Waals surface area contributed by atoms with Gasteiger partial charge in [0.05, 0.1) is 7.11 Å². The van der Waals surface area contributed by atoms with Gasteiger partial charge < -0.3 is 4.74 Å². The largest absolute Gasteiger partial charge is 0.496 e. The molecule has 0 saturated carbocycles. The van der Waals surface area contributed by atoms with E-state index in [0.29, 0.717) is 0 Å². The van der Waals surface area contributed by atoms with Crippen LogP contribution < -0.4 is 10.6 Å². The fourth-order valence-corrected chi connectivity index (χ4v) is 1.76. The van der Waals surface area contributed by atoms with Crippen LogP contribution in [0.3, 0.4) is 0 Å². The highest BCUT2D eigenvalue weighted by Gasteiger charge is 2.16. The molecule has 3 heteroatoms. The van der Waals surface area contributed by atoms with Gasteiger partial charge in [-0.05, 0) is 18.1 Å². The van der Waals surface area contributed by atoms with Gasteiger partial charge in [0.2, 0.25) is 0 Å². The molecule has 1 heterocycles. The van der Waals surface area contributed by atoms with Crippen LogP contribution in [0.1, 0.15) is 11.1 Å². The van der Waals surface area contributed by atoms with Gasteiger partial charge in [0.15, 0.2) is 0 Å². The lowest BCUT2D eigenvalue weighted by atomic mass is 10.00. The van der Waals surface area contributed by atoms with E-state index < -0.39 is 0 Å². The monoisotopic (exact) mass is 178 g/mol. The number of hydrogen-bond donors (Lipinski definition) is 1. The number of benzene rings is 1. The Morgan fingerprint density at radius 2 is 2.31 bits per heavy atom. The van der Waals surface area contributed by atoms with Gasteiger partial charge in [0.25, 0.3) is 0 Å². The van der Waals surface area contributed by atoms with Crippen molar-refractivity contribution in [1.29, 1.82) is 0 Å². The minimum absolute atomic E-state index is 0.791. The van der Waals surface area contributed by atoms with Crippen LogP contribution in [0.5, 0.6) is 5.75 Å². The Kier molecular flexibility index (Phi) is 2.20. The molecule has 0 spiro atoms. The third-order valence-corrected chi connectivity index (χ3v) is 2.48. The molecule has 13 heavy (non-hydrogen) atoms. The van der Waals surface area contributed by atoms with Gasteiger partial charge in [-0.1, -0.05) is 12.1 Å². The zero-order valence-corrected chi connectivity index (χ0v) is 7.79. The number of ether oxygens (including phenoxy) is 1. The summed E-state index contributed by atoms with van der Waals surface area (Å²) in [6.07, 6.45) is 1.02. The molecule has 3 nitrogen and oxygen atoms in total. The van der Waals surface area contributed by atoms with Crippen molar-refractivity contribution >= 4 is 0 Å². The van der Waals surface area contributed by atoms with E-state index >= 15 is 0 Å². The Hall–Kier alpha value is -1.06. The molecule has 0 bridgehead atoms. The van der Waals surface area contributed by atoms with Crippen LogP contribution >= 0.6 is 0 Å². The number of methoxy groups -OCH3 is 1. The van der Waals surface area contributed by atoms with Crippen molar-refractivity contribution in [3.63, 3.8) is 0 Å². The van der Waals surface area contributed by atoms with Crippen LogP contribution in [0.25, 0.3) is 0 Å². The van der Waals surface area contributed by atoms with Crippen LogP contribution in [0.15, 0.2) is 18.2 Å². The summed E-state index contributed by atoms with van der Waals surface area (Å²) in [5.41, 5.74) is 2.60. The zero-order chi connectivity index (χ0) is 9.26. The van der Waals surface area contributed by atoms with Crippen LogP contribution in [-0.2, 0) is 13.0 Å². The van der Waals surface area contributed by atoms with Crippen LogP contribution in [0.4, 0.5) is 0 Å². The van der Waals surface area contributed by atoms with Gasteiger partial charge in [-0.2, -0.15) is 0 Å². The van der Waals surface area contributed by atoms with E-state index in [9.17, 15) is 0 Å². The molecule has 1 aromatic carbocycles. The topological polar surface area (TPSA) is 38.5 Å². The van der Waals surface area contributed by atoms with Gasteiger partial charge in [0, 0.05) is 18.7 Å². The normalized spacial score (nSPS) is 16.8. The van der Waals surface area contributed by atoms with Crippen molar-refractivity contribution in [1.82, 2.24) is 5.01 Å². The molecule has 2 rings (SSSR count). The number of hydrogen-bond acceptors (Lipinski definition) is 3. The first-order valence-corrected chi connectivity index (χ1v) is 4.45. The number of hydrazine groups is 1. The summed E-state index contributed by atoms with van der Waals surface area (Å²) < 4.78 is 5.28. The highest BCUT2D eigenvalue weighted by Crippen LogP contribution is 2.26. The number of nitrogens with zero attached hydrogens (tertiary/aromatic N) is 1. The Labute approximate surface area is 78.1 Å². The van der Waals surface area contributed by atoms with Crippen molar-refractivity contribution in [3.05, 3.63) is 29.3 Å². The van der Waals surface area contributed by atoms with Crippen LogP contribution in [0, 0.1) is 0 Å². The molecule has 0 amide bonds. The van der Waals surface area contributed by atoms with Crippen molar-refractivity contribution in [3.8, 4) is 5.75 Å². The third kappa shape index (κ3) is 1.53. The molecular formula is C10H14N2O. The number of rotatable bonds is 1. The van der Waals surface area contributed by atoms with E-state index in [0.717, 1.165) is 25.3 Å². The van der Waals surface area contributed by atoms with Gasteiger partial charge in [-0.15, -0.1) is 0 Å². The standard InChI is InChI=1S/C10H14N2O/c1-13-10-4-2-3-8-5-6-12(11)7-9(8)10/h2-4H,5-7,11H2,1H3. The molecule has 0 fully saturated rings. The molecule has 70 valence electrons. The van der Waals surface area contributed by atoms with Gasteiger partial charge in [-0.3, -0.25) is 5.84 Å². The van der Waals surface area contributed by atoms with Gasteiger partial charge >= 0.3 is 0 Å². The number of nitrogens with two attached hydrogens (primary N) is 1. The summed E-state index contributed by atoms with van der Waals surface area (Å²) in [6.45, 7) is 1.72. The predicted octanol–water partition coefficient (Wildman–Crippen LogP) is 0.927. The van der Waals surface area contributed by atoms with E-state index in [1.165, 1.54) is 11.1 Å². The Morgan fingerprint density at radius 1 is 1.46 bits per heavy atom. The number of fused-ring (bicyclic) bond motifs is 1. The van der Waals surface area contributed by atoms with E-state index in [2.05, 4.69) is 6.07 Å². The smallest absolute Gasteiger partial charge is 0.123 e. The third-order valence-electron chi connectivity index (χ3n) is 2.48. The van der Waals surface area contributed by atoms with E-state index in [4.69, 9.17) is 10.6 Å². The fraction of sp³-hybridized carbons (Fsp3) is 0.400. The van der Waals surface area contributed by atoms with Crippen molar-refractivity contribution in [2.75, 3.05) is 13.7 Å². The van der Waals surface area contributed by atoms with Gasteiger partial charge in [0.1, 0.15) is 5.75 Å². The Bertz CT molecular complexity index is 298. The summed E-state index contributed by atoms with van der Waals surface area (Å²) >= 11 is 0. The Balaban J connectivity index is 2.41. The molecule has 0 unspecified atom stereocenters. The van der Waals surface area contributed by atoms with Gasteiger partial charge in [-0.25, -0.2) is 5.01 Å². The Morgan fingerprint density at radius 3 is 3.08 bits per heavy atom. The van der Waals surface area contributed by atoms with Crippen molar-refractivity contribution in [2.45, 2.75) is 13.0 Å². The minimum Gasteiger partial charge on any atom is -0.496 e. The van der Waals surface area contributed by atoms with Crippen LogP contribution in [-0.4, -0.2) is 18.7 Å². The molecule has 0 atom stereocenters. The fourth-order valence-electron chi connectivity index (χ4n) is 1.76. The maximum Gasteiger partial charge on any atom is 0.123 e. The summed E-state index contributed by atoms with van der Waals surface area (Å²) in [5, 5.41) is 1.82. The summed E-state index contributed by atoms with van der Waals surface area (Å²) in [7, 11) is 1.70. The quantitative estimate of drug-likeness (QED) is 0.650. The highest BCUT2D eigenvalue weighted by atomic mass is 16.5. The molecule has 1 aliphatic rings. The SMILES string of the molecule is COc1cccc2c1CN(N)CC2.